The highest BCUT2D eigenvalue weighted by Gasteiger charge is 2.16. The summed E-state index contributed by atoms with van der Waals surface area (Å²) in [7, 11) is 0. The fourth-order valence-electron chi connectivity index (χ4n) is 2.13. The summed E-state index contributed by atoms with van der Waals surface area (Å²) < 4.78 is 14.5. The van der Waals surface area contributed by atoms with Gasteiger partial charge >= 0.3 is 0 Å². The summed E-state index contributed by atoms with van der Waals surface area (Å²) in [5.41, 5.74) is 0.810. The number of nitrogens with one attached hydrogen (secondary N) is 1. The van der Waals surface area contributed by atoms with Crippen molar-refractivity contribution in [2.24, 2.45) is 5.92 Å². The lowest BCUT2D eigenvalue weighted by Crippen LogP contribution is -2.34. The molecule has 17 heavy (non-hydrogen) atoms. The SMILES string of the molecule is CCNC(C)C(CC)Cc1ccc(Br)cc1F. The smallest absolute Gasteiger partial charge is 0.127 e. The molecular formula is C14H21BrFN. The second-order valence-corrected chi connectivity index (χ2v) is 5.37. The van der Waals surface area contributed by atoms with Crippen LogP contribution in [0.25, 0.3) is 0 Å². The molecule has 0 saturated carbocycles. The molecule has 0 aliphatic carbocycles. The van der Waals surface area contributed by atoms with E-state index in [-0.39, 0.29) is 5.82 Å². The predicted octanol–water partition coefficient (Wildman–Crippen LogP) is 4.15. The number of hydrogen-bond acceptors (Lipinski definition) is 1. The van der Waals surface area contributed by atoms with E-state index in [0.29, 0.717) is 12.0 Å². The maximum Gasteiger partial charge on any atom is 0.127 e. The van der Waals surface area contributed by atoms with E-state index in [1.54, 1.807) is 6.07 Å². The van der Waals surface area contributed by atoms with E-state index in [9.17, 15) is 4.39 Å². The van der Waals surface area contributed by atoms with E-state index < -0.39 is 0 Å². The zero-order valence-corrected chi connectivity index (χ0v) is 12.3. The molecule has 0 saturated heterocycles. The molecule has 0 fully saturated rings. The molecule has 0 amide bonds. The summed E-state index contributed by atoms with van der Waals surface area (Å²) in [6, 6.07) is 5.75. The van der Waals surface area contributed by atoms with Crippen LogP contribution < -0.4 is 5.32 Å². The Kier molecular flexibility index (Phi) is 6.14. The fourth-order valence-corrected chi connectivity index (χ4v) is 2.47. The molecule has 2 atom stereocenters. The van der Waals surface area contributed by atoms with Crippen molar-refractivity contribution in [2.75, 3.05) is 6.54 Å². The normalized spacial score (nSPS) is 14.6. The lowest BCUT2D eigenvalue weighted by Gasteiger charge is -2.23. The first-order valence-electron chi connectivity index (χ1n) is 6.25. The standard InChI is InChI=1S/C14H21BrFN/c1-4-11(10(3)17-5-2)8-12-6-7-13(15)9-14(12)16/h6-7,9-11,17H,4-5,8H2,1-3H3. The molecule has 0 aliphatic rings. The number of rotatable bonds is 6. The molecular weight excluding hydrogens is 281 g/mol. The number of hydrogen-bond donors (Lipinski definition) is 1. The van der Waals surface area contributed by atoms with Gasteiger partial charge in [0.1, 0.15) is 5.82 Å². The first kappa shape index (κ1) is 14.7. The molecule has 0 aliphatic heterocycles. The van der Waals surface area contributed by atoms with Gasteiger partial charge in [-0.15, -0.1) is 0 Å². The number of benzene rings is 1. The van der Waals surface area contributed by atoms with Crippen LogP contribution in [0.4, 0.5) is 4.39 Å². The van der Waals surface area contributed by atoms with Crippen molar-refractivity contribution in [3.8, 4) is 0 Å². The minimum atomic E-state index is -0.110. The van der Waals surface area contributed by atoms with Crippen LogP contribution in [0.1, 0.15) is 32.8 Å². The highest BCUT2D eigenvalue weighted by atomic mass is 79.9. The zero-order valence-electron chi connectivity index (χ0n) is 10.8. The van der Waals surface area contributed by atoms with Gasteiger partial charge in [-0.05, 0) is 43.5 Å². The van der Waals surface area contributed by atoms with E-state index in [1.165, 1.54) is 0 Å². The molecule has 0 aromatic heterocycles. The van der Waals surface area contributed by atoms with Gasteiger partial charge < -0.3 is 5.32 Å². The van der Waals surface area contributed by atoms with Crippen molar-refractivity contribution in [1.29, 1.82) is 0 Å². The molecule has 0 radical (unpaired) electrons. The van der Waals surface area contributed by atoms with Crippen LogP contribution >= 0.6 is 15.9 Å². The molecule has 1 aromatic rings. The minimum Gasteiger partial charge on any atom is -0.314 e. The molecule has 0 spiro atoms. The molecule has 1 nitrogen and oxygen atoms in total. The summed E-state index contributed by atoms with van der Waals surface area (Å²) in [5, 5.41) is 3.42. The lowest BCUT2D eigenvalue weighted by atomic mass is 9.90. The van der Waals surface area contributed by atoms with Crippen LogP contribution in [0.3, 0.4) is 0 Å². The molecule has 1 aromatic carbocycles. The van der Waals surface area contributed by atoms with Crippen LogP contribution in [-0.4, -0.2) is 12.6 Å². The molecule has 1 rings (SSSR count). The third-order valence-corrected chi connectivity index (χ3v) is 3.75. The van der Waals surface area contributed by atoms with Gasteiger partial charge in [0.05, 0.1) is 0 Å². The van der Waals surface area contributed by atoms with Crippen LogP contribution in [0.15, 0.2) is 22.7 Å². The molecule has 0 bridgehead atoms. The molecule has 3 heteroatoms. The largest absolute Gasteiger partial charge is 0.314 e. The second-order valence-electron chi connectivity index (χ2n) is 4.45. The second kappa shape index (κ2) is 7.12. The number of halogens is 2. The molecule has 0 heterocycles. The van der Waals surface area contributed by atoms with Crippen molar-refractivity contribution in [1.82, 2.24) is 5.32 Å². The Bertz CT molecular complexity index is 354. The van der Waals surface area contributed by atoms with Crippen LogP contribution in [0.5, 0.6) is 0 Å². The Morgan fingerprint density at radius 1 is 1.35 bits per heavy atom. The Balaban J connectivity index is 2.73. The van der Waals surface area contributed by atoms with Gasteiger partial charge in [-0.3, -0.25) is 0 Å². The van der Waals surface area contributed by atoms with Crippen molar-refractivity contribution in [3.63, 3.8) is 0 Å². The van der Waals surface area contributed by atoms with Gasteiger partial charge in [-0.25, -0.2) is 4.39 Å². The summed E-state index contributed by atoms with van der Waals surface area (Å²) >= 11 is 3.28. The maximum absolute atomic E-state index is 13.7. The molecule has 96 valence electrons. The Labute approximate surface area is 112 Å². The summed E-state index contributed by atoms with van der Waals surface area (Å²) in [4.78, 5) is 0. The Morgan fingerprint density at radius 2 is 2.06 bits per heavy atom. The van der Waals surface area contributed by atoms with E-state index in [4.69, 9.17) is 0 Å². The molecule has 2 unspecified atom stereocenters. The van der Waals surface area contributed by atoms with E-state index in [2.05, 4.69) is 42.0 Å². The highest BCUT2D eigenvalue weighted by Crippen LogP contribution is 2.21. The van der Waals surface area contributed by atoms with Crippen molar-refractivity contribution >= 4 is 15.9 Å². The summed E-state index contributed by atoms with van der Waals surface area (Å²) in [6.45, 7) is 7.40. The first-order chi connectivity index (χ1) is 8.08. The monoisotopic (exact) mass is 301 g/mol. The van der Waals surface area contributed by atoms with Crippen LogP contribution in [0, 0.1) is 11.7 Å². The zero-order chi connectivity index (χ0) is 12.8. The van der Waals surface area contributed by atoms with Crippen LogP contribution in [0.2, 0.25) is 0 Å². The Morgan fingerprint density at radius 3 is 2.59 bits per heavy atom. The third-order valence-electron chi connectivity index (χ3n) is 3.25. The van der Waals surface area contributed by atoms with Gasteiger partial charge in [-0.2, -0.15) is 0 Å². The first-order valence-corrected chi connectivity index (χ1v) is 7.05. The van der Waals surface area contributed by atoms with Gasteiger partial charge in [0.25, 0.3) is 0 Å². The average Bonchev–Trinajstić information content (AvgIpc) is 2.28. The quantitative estimate of drug-likeness (QED) is 0.832. The maximum atomic E-state index is 13.7. The Hall–Kier alpha value is -0.410. The van der Waals surface area contributed by atoms with E-state index in [1.807, 2.05) is 12.1 Å². The fraction of sp³-hybridized carbons (Fsp3) is 0.571. The third kappa shape index (κ3) is 4.40. The van der Waals surface area contributed by atoms with E-state index >= 15 is 0 Å². The highest BCUT2D eigenvalue weighted by molar-refractivity contribution is 9.10. The topological polar surface area (TPSA) is 12.0 Å². The van der Waals surface area contributed by atoms with Crippen molar-refractivity contribution in [2.45, 2.75) is 39.7 Å². The van der Waals surface area contributed by atoms with Gasteiger partial charge in [-0.1, -0.05) is 42.3 Å². The van der Waals surface area contributed by atoms with E-state index in [0.717, 1.165) is 29.4 Å². The van der Waals surface area contributed by atoms with Gasteiger partial charge in [0.15, 0.2) is 0 Å². The van der Waals surface area contributed by atoms with Crippen molar-refractivity contribution < 1.29 is 4.39 Å². The molecule has 1 N–H and O–H groups in total. The summed E-state index contributed by atoms with van der Waals surface area (Å²) in [6.07, 6.45) is 1.85. The summed E-state index contributed by atoms with van der Waals surface area (Å²) in [5.74, 6) is 0.368. The lowest BCUT2D eigenvalue weighted by molar-refractivity contribution is 0.363. The minimum absolute atomic E-state index is 0.110. The van der Waals surface area contributed by atoms with Gasteiger partial charge in [0, 0.05) is 10.5 Å². The average molecular weight is 302 g/mol. The van der Waals surface area contributed by atoms with Gasteiger partial charge in [0.2, 0.25) is 0 Å². The van der Waals surface area contributed by atoms with Crippen LogP contribution in [-0.2, 0) is 6.42 Å². The van der Waals surface area contributed by atoms with Crippen molar-refractivity contribution in [3.05, 3.63) is 34.1 Å². The predicted molar refractivity (Wildman–Crippen MR) is 74.7 cm³/mol.